The topological polar surface area (TPSA) is 49.8 Å². The number of carbonyl (C=O) groups excluding carboxylic acids is 1. The summed E-state index contributed by atoms with van der Waals surface area (Å²) in [4.78, 5) is 13.8. The van der Waals surface area contributed by atoms with Crippen molar-refractivity contribution in [2.24, 2.45) is 0 Å². The fraction of sp³-hybridized carbons (Fsp3) is 0.471. The molecule has 21 heavy (non-hydrogen) atoms. The van der Waals surface area contributed by atoms with E-state index in [1.54, 1.807) is 12.1 Å². The Morgan fingerprint density at radius 1 is 1.24 bits per heavy atom. The summed E-state index contributed by atoms with van der Waals surface area (Å²) in [6, 6.07) is 7.34. The molecule has 0 fully saturated rings. The first-order valence-corrected chi connectivity index (χ1v) is 7.25. The molecular formula is C17H25NO3. The van der Waals surface area contributed by atoms with E-state index in [0.717, 1.165) is 24.9 Å². The smallest absolute Gasteiger partial charge is 0.338 e. The van der Waals surface area contributed by atoms with Gasteiger partial charge in [0.1, 0.15) is 6.61 Å². The van der Waals surface area contributed by atoms with E-state index in [1.165, 1.54) is 5.57 Å². The molecule has 1 rings (SSSR count). The summed E-state index contributed by atoms with van der Waals surface area (Å²) < 4.78 is 5.23. The molecule has 0 amide bonds. The lowest BCUT2D eigenvalue weighted by molar-refractivity contribution is 0.0549. The molecule has 1 aromatic carbocycles. The van der Waals surface area contributed by atoms with Gasteiger partial charge < -0.3 is 14.7 Å². The van der Waals surface area contributed by atoms with Gasteiger partial charge >= 0.3 is 5.97 Å². The molecule has 0 radical (unpaired) electrons. The van der Waals surface area contributed by atoms with Gasteiger partial charge in [-0.2, -0.15) is 0 Å². The molecule has 0 bridgehead atoms. The minimum atomic E-state index is -0.306. The number of rotatable bonds is 8. The number of aliphatic hydroxyl groups is 1. The summed E-state index contributed by atoms with van der Waals surface area (Å²) in [5.74, 6) is -0.306. The Bertz CT molecular complexity index is 463. The molecule has 4 nitrogen and oxygen atoms in total. The first kappa shape index (κ1) is 17.2. The summed E-state index contributed by atoms with van der Waals surface area (Å²) in [7, 11) is 3.91. The predicted octanol–water partition coefficient (Wildman–Crippen LogP) is 3.02. The molecule has 0 heterocycles. The lowest BCUT2D eigenvalue weighted by Crippen LogP contribution is -2.09. The van der Waals surface area contributed by atoms with E-state index >= 15 is 0 Å². The van der Waals surface area contributed by atoms with Crippen molar-refractivity contribution in [3.63, 3.8) is 0 Å². The average Bonchev–Trinajstić information content (AvgIpc) is 2.47. The molecule has 0 spiro atoms. The lowest BCUT2D eigenvalue weighted by Gasteiger charge is -2.12. The number of nitrogens with zero attached hydrogens (tertiary/aromatic N) is 1. The van der Waals surface area contributed by atoms with Gasteiger partial charge in [-0.25, -0.2) is 4.79 Å². The first-order valence-electron chi connectivity index (χ1n) is 7.25. The Hall–Kier alpha value is -1.81. The first-order chi connectivity index (χ1) is 10.0. The molecular weight excluding hydrogens is 266 g/mol. The van der Waals surface area contributed by atoms with Gasteiger partial charge in [-0.15, -0.1) is 0 Å². The van der Waals surface area contributed by atoms with Crippen LogP contribution in [0.3, 0.4) is 0 Å². The number of hydrogen-bond acceptors (Lipinski definition) is 4. The van der Waals surface area contributed by atoms with E-state index in [-0.39, 0.29) is 12.6 Å². The van der Waals surface area contributed by atoms with Gasteiger partial charge in [-0.1, -0.05) is 5.57 Å². The fourth-order valence-electron chi connectivity index (χ4n) is 1.86. The van der Waals surface area contributed by atoms with Crippen molar-refractivity contribution in [1.82, 2.24) is 0 Å². The zero-order valence-electron chi connectivity index (χ0n) is 13.1. The maximum Gasteiger partial charge on any atom is 0.338 e. The Labute approximate surface area is 127 Å². The second-order valence-corrected chi connectivity index (χ2v) is 5.27. The van der Waals surface area contributed by atoms with Crippen molar-refractivity contribution in [3.05, 3.63) is 41.5 Å². The Kier molecular flexibility index (Phi) is 7.54. The quantitative estimate of drug-likeness (QED) is 0.454. The minimum absolute atomic E-state index is 0.227. The van der Waals surface area contributed by atoms with Crippen LogP contribution in [0, 0.1) is 0 Å². The molecule has 1 N–H and O–H groups in total. The van der Waals surface area contributed by atoms with Crippen molar-refractivity contribution < 1.29 is 14.6 Å². The second-order valence-electron chi connectivity index (χ2n) is 5.27. The number of esters is 1. The number of ether oxygens (including phenoxy) is 1. The highest BCUT2D eigenvalue weighted by Gasteiger charge is 2.06. The molecule has 4 heteroatoms. The van der Waals surface area contributed by atoms with E-state index in [4.69, 9.17) is 9.84 Å². The van der Waals surface area contributed by atoms with Gasteiger partial charge in [0.2, 0.25) is 0 Å². The van der Waals surface area contributed by atoms with Gasteiger partial charge in [0.05, 0.1) is 5.56 Å². The highest BCUT2D eigenvalue weighted by Crippen LogP contribution is 2.13. The van der Waals surface area contributed by atoms with Crippen LogP contribution in [0.25, 0.3) is 0 Å². The summed E-state index contributed by atoms with van der Waals surface area (Å²) in [6.07, 6.45) is 4.61. The molecule has 0 saturated carbocycles. The van der Waals surface area contributed by atoms with Crippen LogP contribution in [0.5, 0.6) is 0 Å². The van der Waals surface area contributed by atoms with Crippen LogP contribution in [0.2, 0.25) is 0 Å². The zero-order valence-corrected chi connectivity index (χ0v) is 13.1. The van der Waals surface area contributed by atoms with Gasteiger partial charge in [-0.05, 0) is 56.5 Å². The molecule has 0 aliphatic rings. The van der Waals surface area contributed by atoms with Crippen LogP contribution in [0.4, 0.5) is 5.69 Å². The zero-order chi connectivity index (χ0) is 15.7. The molecule has 0 aliphatic heterocycles. The maximum absolute atomic E-state index is 11.9. The molecule has 116 valence electrons. The number of anilines is 1. The van der Waals surface area contributed by atoms with Crippen molar-refractivity contribution in [2.75, 3.05) is 32.2 Å². The number of unbranched alkanes of at least 4 members (excludes halogenated alkanes) is 1. The summed E-state index contributed by atoms with van der Waals surface area (Å²) in [5.41, 5.74) is 2.79. The third-order valence-electron chi connectivity index (χ3n) is 3.24. The maximum atomic E-state index is 11.9. The summed E-state index contributed by atoms with van der Waals surface area (Å²) >= 11 is 0. The van der Waals surface area contributed by atoms with Crippen molar-refractivity contribution >= 4 is 11.7 Å². The van der Waals surface area contributed by atoms with Gasteiger partial charge in [0, 0.05) is 26.4 Å². The predicted molar refractivity (Wildman–Crippen MR) is 85.7 cm³/mol. The number of aliphatic hydroxyl groups excluding tert-OH is 1. The number of allylic oxidation sites excluding steroid dienone is 1. The SMILES string of the molecule is C/C(=C\COC(=O)c1ccc(N(C)C)cc1)CCCCO. The van der Waals surface area contributed by atoms with Crippen LogP contribution in [-0.2, 0) is 4.74 Å². The summed E-state index contributed by atoms with van der Waals surface area (Å²) in [6.45, 7) is 2.53. The number of hydrogen-bond donors (Lipinski definition) is 1. The molecule has 0 saturated heterocycles. The minimum Gasteiger partial charge on any atom is -0.458 e. The van der Waals surface area contributed by atoms with E-state index in [1.807, 2.05) is 44.1 Å². The Morgan fingerprint density at radius 2 is 1.90 bits per heavy atom. The van der Waals surface area contributed by atoms with Gasteiger partial charge in [0.15, 0.2) is 0 Å². The van der Waals surface area contributed by atoms with Gasteiger partial charge in [0.25, 0.3) is 0 Å². The standard InChI is InChI=1S/C17H25NO3/c1-14(6-4-5-12-19)11-13-21-17(20)15-7-9-16(10-8-15)18(2)3/h7-11,19H,4-6,12-13H2,1-3H3/b14-11+. The Morgan fingerprint density at radius 3 is 2.48 bits per heavy atom. The third kappa shape index (κ3) is 6.45. The molecule has 1 aromatic rings. The van der Waals surface area contributed by atoms with Crippen LogP contribution in [0.15, 0.2) is 35.9 Å². The fourth-order valence-corrected chi connectivity index (χ4v) is 1.86. The van der Waals surface area contributed by atoms with E-state index in [9.17, 15) is 4.79 Å². The Balaban J connectivity index is 2.41. The monoisotopic (exact) mass is 291 g/mol. The third-order valence-corrected chi connectivity index (χ3v) is 3.24. The lowest BCUT2D eigenvalue weighted by atomic mass is 10.1. The number of benzene rings is 1. The van der Waals surface area contributed by atoms with Gasteiger partial charge in [-0.3, -0.25) is 0 Å². The highest BCUT2D eigenvalue weighted by atomic mass is 16.5. The largest absolute Gasteiger partial charge is 0.458 e. The molecule has 0 aliphatic carbocycles. The van der Waals surface area contributed by atoms with E-state index in [2.05, 4.69) is 0 Å². The normalized spacial score (nSPS) is 11.3. The van der Waals surface area contributed by atoms with E-state index in [0.29, 0.717) is 12.2 Å². The van der Waals surface area contributed by atoms with E-state index < -0.39 is 0 Å². The average molecular weight is 291 g/mol. The molecule has 0 atom stereocenters. The van der Waals surface area contributed by atoms with Crippen LogP contribution in [0.1, 0.15) is 36.5 Å². The van der Waals surface area contributed by atoms with Crippen LogP contribution < -0.4 is 4.90 Å². The second kappa shape index (κ2) is 9.19. The molecule has 0 unspecified atom stereocenters. The summed E-state index contributed by atoms with van der Waals surface area (Å²) in [5, 5.41) is 8.72. The van der Waals surface area contributed by atoms with Crippen LogP contribution in [-0.4, -0.2) is 38.4 Å². The van der Waals surface area contributed by atoms with Crippen molar-refractivity contribution in [1.29, 1.82) is 0 Å². The highest BCUT2D eigenvalue weighted by molar-refractivity contribution is 5.89. The molecule has 0 aromatic heterocycles. The van der Waals surface area contributed by atoms with Crippen molar-refractivity contribution in [2.45, 2.75) is 26.2 Å². The van der Waals surface area contributed by atoms with Crippen LogP contribution >= 0.6 is 0 Å². The number of carbonyl (C=O) groups is 1. The van der Waals surface area contributed by atoms with Crippen molar-refractivity contribution in [3.8, 4) is 0 Å².